The first kappa shape index (κ1) is 27.0. The number of aromatic nitrogens is 2. The van der Waals surface area contributed by atoms with E-state index in [0.29, 0.717) is 49.7 Å². The minimum Gasteiger partial charge on any atom is -0.461 e. The molecule has 39 heavy (non-hydrogen) atoms. The number of rotatable bonds is 6. The van der Waals surface area contributed by atoms with Crippen LogP contribution in [0.5, 0.6) is 17.2 Å². The van der Waals surface area contributed by atoms with Crippen LogP contribution in [0.15, 0.2) is 46.9 Å². The minimum atomic E-state index is -0.828. The van der Waals surface area contributed by atoms with Crippen molar-refractivity contribution in [1.82, 2.24) is 9.97 Å². The topological polar surface area (TPSA) is 99.7 Å². The molecule has 0 radical (unpaired) electrons. The van der Waals surface area contributed by atoms with Crippen LogP contribution in [0, 0.1) is 5.41 Å². The van der Waals surface area contributed by atoms with E-state index < -0.39 is 17.4 Å². The molecule has 0 spiro atoms. The third kappa shape index (κ3) is 5.33. The Labute approximate surface area is 238 Å². The normalized spacial score (nSPS) is 12.6. The fourth-order valence-electron chi connectivity index (χ4n) is 4.14. The molecule has 1 N–H and O–H groups in total. The number of pyridine rings is 1. The highest BCUT2D eigenvalue weighted by Gasteiger charge is 2.32. The van der Waals surface area contributed by atoms with E-state index >= 15 is 0 Å². The molecule has 4 aromatic rings. The van der Waals surface area contributed by atoms with Crippen LogP contribution in [0.2, 0.25) is 5.02 Å². The molecule has 0 fully saturated rings. The Morgan fingerprint density at radius 1 is 1.10 bits per heavy atom. The summed E-state index contributed by atoms with van der Waals surface area (Å²) in [7, 11) is 0. The predicted molar refractivity (Wildman–Crippen MR) is 151 cm³/mol. The maximum Gasteiger partial charge on any atom is 0.360 e. The number of ether oxygens (including phenoxy) is 4. The standard InChI is InChI=1S/C29H26BrClN2O6/c1-5-36-27(34)25-26(39-28(35)29(2,3)4)21-22(30)23(16-7-9-17(31)10-8-16)33-24(21)18(32-25)12-15-6-11-19-20(13-15)38-14-37-19/h6-11,13,33H,5,12,14H2,1-4H3. The van der Waals surface area contributed by atoms with E-state index in [0.717, 1.165) is 11.1 Å². The highest BCUT2D eigenvalue weighted by atomic mass is 79.9. The van der Waals surface area contributed by atoms with Crippen molar-refractivity contribution in [2.24, 2.45) is 5.41 Å². The van der Waals surface area contributed by atoms with Crippen LogP contribution in [0.1, 0.15) is 49.4 Å². The van der Waals surface area contributed by atoms with Gasteiger partial charge in [-0.1, -0.05) is 29.8 Å². The van der Waals surface area contributed by atoms with Crippen molar-refractivity contribution in [1.29, 1.82) is 0 Å². The van der Waals surface area contributed by atoms with Gasteiger partial charge in [-0.05, 0) is 79.0 Å². The summed E-state index contributed by atoms with van der Waals surface area (Å²) < 4.78 is 22.8. The summed E-state index contributed by atoms with van der Waals surface area (Å²) in [6.45, 7) is 7.22. The molecule has 10 heteroatoms. The second kappa shape index (κ2) is 10.5. The third-order valence-electron chi connectivity index (χ3n) is 6.13. The van der Waals surface area contributed by atoms with Gasteiger partial charge in [-0.25, -0.2) is 9.78 Å². The number of hydrogen-bond donors (Lipinski definition) is 1. The molecular formula is C29H26BrClN2O6. The number of aromatic amines is 1. The van der Waals surface area contributed by atoms with Gasteiger partial charge < -0.3 is 23.9 Å². The van der Waals surface area contributed by atoms with Crippen LogP contribution >= 0.6 is 27.5 Å². The average molecular weight is 614 g/mol. The number of hydrogen-bond acceptors (Lipinski definition) is 7. The number of nitrogens with zero attached hydrogens (tertiary/aromatic N) is 1. The largest absolute Gasteiger partial charge is 0.461 e. The predicted octanol–water partition coefficient (Wildman–Crippen LogP) is 7.09. The van der Waals surface area contributed by atoms with Crippen molar-refractivity contribution in [3.05, 3.63) is 68.9 Å². The van der Waals surface area contributed by atoms with Crippen LogP contribution in [0.25, 0.3) is 22.2 Å². The maximum absolute atomic E-state index is 13.2. The Morgan fingerprint density at radius 3 is 2.51 bits per heavy atom. The zero-order valence-corrected chi connectivity index (χ0v) is 24.2. The van der Waals surface area contributed by atoms with E-state index in [4.69, 9.17) is 35.5 Å². The number of carbonyl (C=O) groups is 2. The fraction of sp³-hybridized carbons (Fsp3) is 0.276. The van der Waals surface area contributed by atoms with Gasteiger partial charge in [-0.2, -0.15) is 0 Å². The fourth-order valence-corrected chi connectivity index (χ4v) is 4.97. The van der Waals surface area contributed by atoms with Crippen molar-refractivity contribution >= 4 is 50.4 Å². The number of H-pyrrole nitrogens is 1. The molecular weight excluding hydrogens is 588 g/mol. The van der Waals surface area contributed by atoms with Crippen molar-refractivity contribution in [2.45, 2.75) is 34.1 Å². The number of carbonyl (C=O) groups excluding carboxylic acids is 2. The molecule has 0 bridgehead atoms. The lowest BCUT2D eigenvalue weighted by Crippen LogP contribution is -2.27. The summed E-state index contributed by atoms with van der Waals surface area (Å²) in [5.41, 5.74) is 2.69. The van der Waals surface area contributed by atoms with E-state index in [9.17, 15) is 9.59 Å². The van der Waals surface area contributed by atoms with Gasteiger partial charge in [0.1, 0.15) is 0 Å². The lowest BCUT2D eigenvalue weighted by Gasteiger charge is -2.19. The summed E-state index contributed by atoms with van der Waals surface area (Å²) in [5.74, 6) is 0.131. The molecule has 0 atom stereocenters. The summed E-state index contributed by atoms with van der Waals surface area (Å²) in [6, 6.07) is 12.9. The molecule has 0 saturated carbocycles. The van der Waals surface area contributed by atoms with Gasteiger partial charge in [-0.3, -0.25) is 4.79 Å². The molecule has 3 heterocycles. The van der Waals surface area contributed by atoms with Gasteiger partial charge >= 0.3 is 11.9 Å². The lowest BCUT2D eigenvalue weighted by molar-refractivity contribution is -0.142. The third-order valence-corrected chi connectivity index (χ3v) is 7.18. The Bertz CT molecular complexity index is 1590. The van der Waals surface area contributed by atoms with Gasteiger partial charge in [0.25, 0.3) is 0 Å². The first-order valence-electron chi connectivity index (χ1n) is 12.3. The smallest absolute Gasteiger partial charge is 0.360 e. The Morgan fingerprint density at radius 2 is 1.82 bits per heavy atom. The quantitative estimate of drug-likeness (QED) is 0.232. The highest BCUT2D eigenvalue weighted by Crippen LogP contribution is 2.44. The zero-order chi connectivity index (χ0) is 27.9. The minimum absolute atomic E-state index is 0.0288. The number of benzene rings is 2. The van der Waals surface area contributed by atoms with E-state index in [1.165, 1.54) is 0 Å². The molecule has 0 saturated heterocycles. The number of nitrogens with one attached hydrogen (secondary N) is 1. The molecule has 1 aliphatic rings. The summed E-state index contributed by atoms with van der Waals surface area (Å²) in [4.78, 5) is 34.4. The Hall–Kier alpha value is -3.56. The van der Waals surface area contributed by atoms with Crippen LogP contribution < -0.4 is 14.2 Å². The van der Waals surface area contributed by atoms with Crippen molar-refractivity contribution in [3.8, 4) is 28.5 Å². The van der Waals surface area contributed by atoms with E-state index in [2.05, 4.69) is 20.9 Å². The first-order valence-corrected chi connectivity index (χ1v) is 13.5. The zero-order valence-electron chi connectivity index (χ0n) is 21.8. The Kier molecular flexibility index (Phi) is 7.31. The van der Waals surface area contributed by atoms with Crippen molar-refractivity contribution in [3.63, 3.8) is 0 Å². The number of halogens is 2. The molecule has 0 amide bonds. The molecule has 8 nitrogen and oxygen atoms in total. The summed E-state index contributed by atoms with van der Waals surface area (Å²) >= 11 is 9.83. The van der Waals surface area contributed by atoms with Crippen molar-refractivity contribution in [2.75, 3.05) is 13.4 Å². The van der Waals surface area contributed by atoms with Crippen LogP contribution in [0.4, 0.5) is 0 Å². The molecule has 2 aromatic heterocycles. The summed E-state index contributed by atoms with van der Waals surface area (Å²) in [6.07, 6.45) is 0.347. The first-order chi connectivity index (χ1) is 18.6. The van der Waals surface area contributed by atoms with E-state index in [1.807, 2.05) is 30.3 Å². The number of esters is 2. The monoisotopic (exact) mass is 612 g/mol. The molecule has 0 aliphatic carbocycles. The van der Waals surface area contributed by atoms with Gasteiger partial charge in [-0.15, -0.1) is 0 Å². The van der Waals surface area contributed by atoms with Crippen LogP contribution in [-0.2, 0) is 16.0 Å². The molecule has 5 rings (SSSR count). The van der Waals surface area contributed by atoms with E-state index in [-0.39, 0.29) is 24.8 Å². The van der Waals surface area contributed by atoms with Gasteiger partial charge in [0.15, 0.2) is 22.9 Å². The summed E-state index contributed by atoms with van der Waals surface area (Å²) in [5, 5.41) is 1.10. The van der Waals surface area contributed by atoms with E-state index in [1.54, 1.807) is 39.8 Å². The van der Waals surface area contributed by atoms with Crippen LogP contribution in [-0.4, -0.2) is 35.3 Å². The highest BCUT2D eigenvalue weighted by molar-refractivity contribution is 9.10. The molecule has 202 valence electrons. The Balaban J connectivity index is 1.75. The molecule has 2 aromatic carbocycles. The van der Waals surface area contributed by atoms with Crippen LogP contribution in [0.3, 0.4) is 0 Å². The SMILES string of the molecule is CCOC(=O)c1nc(Cc2ccc3c(c2)OCO3)c2[nH]c(-c3ccc(Cl)cc3)c(Br)c2c1OC(=O)C(C)(C)C. The second-order valence-electron chi connectivity index (χ2n) is 10.0. The molecule has 0 unspecified atom stereocenters. The van der Waals surface area contributed by atoms with Crippen molar-refractivity contribution < 1.29 is 28.5 Å². The number of fused-ring (bicyclic) bond motifs is 2. The second-order valence-corrected chi connectivity index (χ2v) is 11.3. The molecule has 1 aliphatic heterocycles. The van der Waals surface area contributed by atoms with Gasteiger partial charge in [0.05, 0.1) is 38.8 Å². The average Bonchev–Trinajstić information content (AvgIpc) is 3.49. The maximum atomic E-state index is 13.2. The van der Waals surface area contributed by atoms with Gasteiger partial charge in [0, 0.05) is 11.4 Å². The van der Waals surface area contributed by atoms with Gasteiger partial charge in [0.2, 0.25) is 6.79 Å². The lowest BCUT2D eigenvalue weighted by atomic mass is 9.97.